The smallest absolute Gasteiger partial charge is 0.248 e. The van der Waals surface area contributed by atoms with Gasteiger partial charge in [0.25, 0.3) is 0 Å². The van der Waals surface area contributed by atoms with Crippen LogP contribution in [0, 0.1) is 0 Å². The molecule has 0 bridgehead atoms. The summed E-state index contributed by atoms with van der Waals surface area (Å²) in [6.07, 6.45) is 1.74. The van der Waals surface area contributed by atoms with E-state index < -0.39 is 5.91 Å². The van der Waals surface area contributed by atoms with Gasteiger partial charge < -0.3 is 11.5 Å². The highest BCUT2D eigenvalue weighted by molar-refractivity contribution is 5.93. The highest BCUT2D eigenvalue weighted by atomic mass is 16.1. The third-order valence-corrected chi connectivity index (χ3v) is 1.93. The van der Waals surface area contributed by atoms with Crippen molar-refractivity contribution >= 4 is 17.4 Å². The van der Waals surface area contributed by atoms with E-state index in [2.05, 4.69) is 4.99 Å². The van der Waals surface area contributed by atoms with Crippen LogP contribution in [0.1, 0.15) is 30.1 Å². The van der Waals surface area contributed by atoms with Crippen LogP contribution in [-0.4, -0.2) is 11.7 Å². The highest BCUT2D eigenvalue weighted by Crippen LogP contribution is 2.13. The Hall–Kier alpha value is -1.84. The summed E-state index contributed by atoms with van der Waals surface area (Å²) in [5.74, 6) is 0.163. The second kappa shape index (κ2) is 5.14. The summed E-state index contributed by atoms with van der Waals surface area (Å²) in [6.45, 7) is 2.04. The van der Waals surface area contributed by atoms with Gasteiger partial charge in [-0.3, -0.25) is 4.79 Å². The van der Waals surface area contributed by atoms with Crippen molar-refractivity contribution < 1.29 is 4.79 Å². The fourth-order valence-electron chi connectivity index (χ4n) is 1.18. The van der Waals surface area contributed by atoms with Gasteiger partial charge in [0, 0.05) is 12.0 Å². The lowest BCUT2D eigenvalue weighted by Crippen LogP contribution is -2.11. The standard InChI is InChI=1S/C11H15N3O/c1-2-3-10(12)14-9-6-4-8(5-7-9)11(13)15/h4-7H,2-3H2,1H3,(H2,12,14)(H2,13,15). The number of rotatable bonds is 4. The molecule has 1 rings (SSSR count). The monoisotopic (exact) mass is 205 g/mol. The lowest BCUT2D eigenvalue weighted by atomic mass is 10.2. The Morgan fingerprint density at radius 2 is 1.87 bits per heavy atom. The predicted molar refractivity (Wildman–Crippen MR) is 61.2 cm³/mol. The number of aliphatic imine (C=N–C) groups is 1. The van der Waals surface area contributed by atoms with E-state index in [1.807, 2.05) is 6.92 Å². The number of nitrogens with zero attached hydrogens (tertiary/aromatic N) is 1. The van der Waals surface area contributed by atoms with Crippen molar-refractivity contribution in [3.05, 3.63) is 29.8 Å². The SMILES string of the molecule is CCCC(N)=Nc1ccc(C(N)=O)cc1. The van der Waals surface area contributed by atoms with Gasteiger partial charge in [-0.1, -0.05) is 6.92 Å². The fourth-order valence-corrected chi connectivity index (χ4v) is 1.18. The summed E-state index contributed by atoms with van der Waals surface area (Å²) in [7, 11) is 0. The number of carbonyl (C=O) groups is 1. The molecule has 1 aromatic rings. The number of amides is 1. The molecule has 0 aliphatic carbocycles. The second-order valence-corrected chi connectivity index (χ2v) is 3.26. The summed E-state index contributed by atoms with van der Waals surface area (Å²) in [5.41, 5.74) is 12.0. The van der Waals surface area contributed by atoms with Gasteiger partial charge in [0.05, 0.1) is 11.5 Å². The number of nitrogens with two attached hydrogens (primary N) is 2. The number of carbonyl (C=O) groups excluding carboxylic acids is 1. The van der Waals surface area contributed by atoms with Crippen molar-refractivity contribution in [1.82, 2.24) is 0 Å². The molecule has 0 unspecified atom stereocenters. The first-order valence-electron chi connectivity index (χ1n) is 4.86. The van der Waals surface area contributed by atoms with Crippen molar-refractivity contribution in [1.29, 1.82) is 0 Å². The zero-order valence-corrected chi connectivity index (χ0v) is 8.73. The summed E-state index contributed by atoms with van der Waals surface area (Å²) >= 11 is 0. The van der Waals surface area contributed by atoms with Gasteiger partial charge in [0.2, 0.25) is 5.91 Å². The van der Waals surface area contributed by atoms with Gasteiger partial charge in [-0.25, -0.2) is 4.99 Å². The summed E-state index contributed by atoms with van der Waals surface area (Å²) in [6, 6.07) is 6.73. The number of hydrogen-bond acceptors (Lipinski definition) is 2. The predicted octanol–water partition coefficient (Wildman–Crippen LogP) is 1.57. The lowest BCUT2D eigenvalue weighted by molar-refractivity contribution is 0.100. The molecule has 0 aliphatic heterocycles. The largest absolute Gasteiger partial charge is 0.387 e. The molecule has 15 heavy (non-hydrogen) atoms. The fraction of sp³-hybridized carbons (Fsp3) is 0.273. The van der Waals surface area contributed by atoms with Crippen molar-refractivity contribution in [2.24, 2.45) is 16.5 Å². The first-order chi connectivity index (χ1) is 7.13. The molecule has 0 fully saturated rings. The van der Waals surface area contributed by atoms with E-state index in [0.717, 1.165) is 18.5 Å². The van der Waals surface area contributed by atoms with E-state index in [0.29, 0.717) is 11.4 Å². The zero-order chi connectivity index (χ0) is 11.3. The Balaban J connectivity index is 2.80. The molecule has 4 N–H and O–H groups in total. The average Bonchev–Trinajstić information content (AvgIpc) is 2.18. The molecule has 80 valence electrons. The second-order valence-electron chi connectivity index (χ2n) is 3.26. The molecule has 0 saturated heterocycles. The first kappa shape index (κ1) is 11.2. The Morgan fingerprint density at radius 3 is 2.33 bits per heavy atom. The van der Waals surface area contributed by atoms with Crippen molar-refractivity contribution in [2.75, 3.05) is 0 Å². The van der Waals surface area contributed by atoms with Crippen LogP contribution >= 0.6 is 0 Å². The summed E-state index contributed by atoms with van der Waals surface area (Å²) in [5, 5.41) is 0. The molecule has 1 aromatic carbocycles. The van der Waals surface area contributed by atoms with E-state index in [1.165, 1.54) is 0 Å². The van der Waals surface area contributed by atoms with Crippen molar-refractivity contribution in [3.8, 4) is 0 Å². The van der Waals surface area contributed by atoms with Gasteiger partial charge in [-0.15, -0.1) is 0 Å². The molecule has 0 saturated carbocycles. The molecule has 0 heterocycles. The van der Waals surface area contributed by atoms with E-state index in [-0.39, 0.29) is 0 Å². The minimum Gasteiger partial charge on any atom is -0.387 e. The van der Waals surface area contributed by atoms with Crippen LogP contribution in [0.4, 0.5) is 5.69 Å². The number of primary amides is 1. The van der Waals surface area contributed by atoms with Crippen LogP contribution in [0.5, 0.6) is 0 Å². The maximum Gasteiger partial charge on any atom is 0.248 e. The topological polar surface area (TPSA) is 81.5 Å². The van der Waals surface area contributed by atoms with Gasteiger partial charge in [0.15, 0.2) is 0 Å². The van der Waals surface area contributed by atoms with Crippen LogP contribution < -0.4 is 11.5 Å². The quantitative estimate of drug-likeness (QED) is 0.578. The molecule has 1 amide bonds. The zero-order valence-electron chi connectivity index (χ0n) is 8.73. The maximum atomic E-state index is 10.8. The third-order valence-electron chi connectivity index (χ3n) is 1.93. The summed E-state index contributed by atoms with van der Waals surface area (Å²) < 4.78 is 0. The molecule has 0 atom stereocenters. The molecule has 0 radical (unpaired) electrons. The van der Waals surface area contributed by atoms with Gasteiger partial charge in [0.1, 0.15) is 0 Å². The Labute approximate surface area is 89.0 Å². The molecular weight excluding hydrogens is 190 g/mol. The molecule has 0 aliphatic rings. The van der Waals surface area contributed by atoms with Crippen molar-refractivity contribution in [3.63, 3.8) is 0 Å². The van der Waals surface area contributed by atoms with Gasteiger partial charge in [-0.05, 0) is 30.7 Å². The van der Waals surface area contributed by atoms with Crippen LogP contribution in [0.3, 0.4) is 0 Å². The van der Waals surface area contributed by atoms with Crippen LogP contribution in [-0.2, 0) is 0 Å². The normalized spacial score (nSPS) is 11.4. The molecular formula is C11H15N3O. The number of amidine groups is 1. The molecule has 4 heteroatoms. The van der Waals surface area contributed by atoms with E-state index in [4.69, 9.17) is 11.5 Å². The van der Waals surface area contributed by atoms with Crippen LogP contribution in [0.2, 0.25) is 0 Å². The Kier molecular flexibility index (Phi) is 3.85. The number of benzene rings is 1. The minimum absolute atomic E-state index is 0.438. The van der Waals surface area contributed by atoms with E-state index >= 15 is 0 Å². The Morgan fingerprint density at radius 1 is 1.27 bits per heavy atom. The highest BCUT2D eigenvalue weighted by Gasteiger charge is 1.99. The third kappa shape index (κ3) is 3.42. The van der Waals surface area contributed by atoms with Gasteiger partial charge >= 0.3 is 0 Å². The average molecular weight is 205 g/mol. The molecule has 0 aromatic heterocycles. The first-order valence-corrected chi connectivity index (χ1v) is 4.86. The minimum atomic E-state index is -0.438. The lowest BCUT2D eigenvalue weighted by Gasteiger charge is -1.99. The van der Waals surface area contributed by atoms with Gasteiger partial charge in [-0.2, -0.15) is 0 Å². The Bertz CT molecular complexity index is 368. The van der Waals surface area contributed by atoms with E-state index in [9.17, 15) is 4.79 Å². The van der Waals surface area contributed by atoms with Crippen LogP contribution in [0.15, 0.2) is 29.3 Å². The van der Waals surface area contributed by atoms with Crippen LogP contribution in [0.25, 0.3) is 0 Å². The molecule has 4 nitrogen and oxygen atoms in total. The van der Waals surface area contributed by atoms with E-state index in [1.54, 1.807) is 24.3 Å². The van der Waals surface area contributed by atoms with Crippen molar-refractivity contribution in [2.45, 2.75) is 19.8 Å². The number of hydrogen-bond donors (Lipinski definition) is 2. The molecule has 0 spiro atoms. The summed E-state index contributed by atoms with van der Waals surface area (Å²) in [4.78, 5) is 15.0. The maximum absolute atomic E-state index is 10.8.